The van der Waals surface area contributed by atoms with Gasteiger partial charge in [-0.15, -0.1) is 0 Å². The van der Waals surface area contributed by atoms with Gasteiger partial charge >= 0.3 is 11.9 Å². The van der Waals surface area contributed by atoms with Crippen molar-refractivity contribution >= 4 is 11.9 Å². The molecule has 3 aliphatic rings. The molecule has 2 heterocycles. The Bertz CT molecular complexity index is 596. The second kappa shape index (κ2) is 4.36. The predicted octanol–water partition coefficient (Wildman–Crippen LogP) is 2.57. The van der Waals surface area contributed by atoms with Crippen molar-refractivity contribution in [1.82, 2.24) is 0 Å². The van der Waals surface area contributed by atoms with Crippen LogP contribution in [0.1, 0.15) is 46.5 Å². The molecule has 1 saturated heterocycles. The molecule has 3 rings (SSSR count). The van der Waals surface area contributed by atoms with Crippen LogP contribution in [0.15, 0.2) is 22.5 Å². The molecule has 0 amide bonds. The lowest BCUT2D eigenvalue weighted by molar-refractivity contribution is -0.154. The first kappa shape index (κ1) is 14.2. The minimum absolute atomic E-state index is 0.0675. The molecule has 0 saturated carbocycles. The molecule has 2 atom stereocenters. The molecule has 5 heteroatoms. The maximum absolute atomic E-state index is 12.2. The molecule has 0 radical (unpaired) electrons. The van der Waals surface area contributed by atoms with E-state index in [1.165, 1.54) is 6.92 Å². The first-order chi connectivity index (χ1) is 9.81. The third-order valence-electron chi connectivity index (χ3n) is 5.25. The molecule has 1 unspecified atom stereocenters. The first-order valence-electron chi connectivity index (χ1n) is 7.34. The van der Waals surface area contributed by atoms with Crippen molar-refractivity contribution in [2.24, 2.45) is 5.41 Å². The fraction of sp³-hybridized carbons (Fsp3) is 0.625. The van der Waals surface area contributed by atoms with Crippen molar-refractivity contribution in [2.75, 3.05) is 6.61 Å². The van der Waals surface area contributed by atoms with Gasteiger partial charge in [-0.25, -0.2) is 9.59 Å². The van der Waals surface area contributed by atoms with Crippen LogP contribution < -0.4 is 0 Å². The number of allylic oxidation sites excluding steroid dienone is 1. The molecule has 1 fully saturated rings. The number of hydrogen-bond donors (Lipinski definition) is 1. The number of rotatable bonds is 1. The molecule has 0 spiro atoms. The minimum atomic E-state index is -0.925. The summed E-state index contributed by atoms with van der Waals surface area (Å²) in [6.07, 6.45) is 3.51. The number of hydrogen-bond acceptors (Lipinski definition) is 5. The standard InChI is InChI=1S/C16H20O5/c1-9(17)12-14(19)20-8-15(12,2)16(3)11-7-5-4-6-10(11)13(18)21-16/h17H,4-8H2,1-3H3/b12-9+/t15-,16?/m1/s1. The van der Waals surface area contributed by atoms with Gasteiger partial charge in [-0.1, -0.05) is 0 Å². The summed E-state index contributed by atoms with van der Waals surface area (Å²) in [4.78, 5) is 24.2. The van der Waals surface area contributed by atoms with E-state index in [0.717, 1.165) is 36.8 Å². The molecule has 1 N–H and O–H groups in total. The Morgan fingerprint density at radius 3 is 2.48 bits per heavy atom. The van der Waals surface area contributed by atoms with E-state index in [1.807, 2.05) is 13.8 Å². The second-order valence-corrected chi connectivity index (χ2v) is 6.46. The summed E-state index contributed by atoms with van der Waals surface area (Å²) in [5.74, 6) is -0.885. The van der Waals surface area contributed by atoms with Gasteiger partial charge in [0.15, 0.2) is 0 Å². The lowest BCUT2D eigenvalue weighted by Gasteiger charge is -2.41. The third-order valence-corrected chi connectivity index (χ3v) is 5.25. The summed E-state index contributed by atoms with van der Waals surface area (Å²) in [7, 11) is 0. The van der Waals surface area contributed by atoms with Gasteiger partial charge < -0.3 is 14.6 Å². The van der Waals surface area contributed by atoms with E-state index in [9.17, 15) is 14.7 Å². The molecule has 1 aliphatic carbocycles. The van der Waals surface area contributed by atoms with Gasteiger partial charge in [0, 0.05) is 5.57 Å². The zero-order valence-corrected chi connectivity index (χ0v) is 12.6. The van der Waals surface area contributed by atoms with Crippen molar-refractivity contribution in [2.45, 2.75) is 52.1 Å². The maximum Gasteiger partial charge on any atom is 0.338 e. The molecule has 21 heavy (non-hydrogen) atoms. The van der Waals surface area contributed by atoms with Crippen LogP contribution in [0.2, 0.25) is 0 Å². The number of aliphatic hydroxyl groups is 1. The molecule has 5 nitrogen and oxygen atoms in total. The quantitative estimate of drug-likeness (QED) is 0.457. The average Bonchev–Trinajstić information content (AvgIpc) is 2.88. The highest BCUT2D eigenvalue weighted by Gasteiger charge is 2.62. The molecule has 0 aromatic heterocycles. The number of esters is 2. The van der Waals surface area contributed by atoms with Gasteiger partial charge in [0.2, 0.25) is 0 Å². The second-order valence-electron chi connectivity index (χ2n) is 6.46. The Morgan fingerprint density at radius 1 is 1.14 bits per heavy atom. The van der Waals surface area contributed by atoms with Crippen LogP contribution in [0.25, 0.3) is 0 Å². The fourth-order valence-electron chi connectivity index (χ4n) is 3.91. The molecular weight excluding hydrogens is 272 g/mol. The van der Waals surface area contributed by atoms with Crippen LogP contribution in [0, 0.1) is 5.41 Å². The summed E-state index contributed by atoms with van der Waals surface area (Å²) in [6, 6.07) is 0. The van der Waals surface area contributed by atoms with Crippen LogP contribution in [-0.4, -0.2) is 29.3 Å². The Labute approximate surface area is 123 Å². The molecule has 0 aromatic carbocycles. The molecule has 114 valence electrons. The van der Waals surface area contributed by atoms with Gasteiger partial charge in [0.1, 0.15) is 18.0 Å². The Balaban J connectivity index is 2.15. The van der Waals surface area contributed by atoms with Gasteiger partial charge in [-0.05, 0) is 52.0 Å². The van der Waals surface area contributed by atoms with Crippen LogP contribution in [0.3, 0.4) is 0 Å². The number of aliphatic hydroxyl groups excluding tert-OH is 1. The predicted molar refractivity (Wildman–Crippen MR) is 74.4 cm³/mol. The third kappa shape index (κ3) is 1.69. The molecule has 0 bridgehead atoms. The normalized spacial score (nSPS) is 38.2. The average molecular weight is 292 g/mol. The van der Waals surface area contributed by atoms with E-state index >= 15 is 0 Å². The van der Waals surface area contributed by atoms with Gasteiger partial charge in [0.05, 0.1) is 11.0 Å². The van der Waals surface area contributed by atoms with E-state index in [0.29, 0.717) is 0 Å². The fourth-order valence-corrected chi connectivity index (χ4v) is 3.91. The van der Waals surface area contributed by atoms with Crippen molar-refractivity contribution in [3.63, 3.8) is 0 Å². The number of carbonyl (C=O) groups is 2. The van der Waals surface area contributed by atoms with Crippen molar-refractivity contribution in [3.05, 3.63) is 22.5 Å². The lowest BCUT2D eigenvalue weighted by atomic mass is 9.65. The Hall–Kier alpha value is -1.78. The number of ether oxygens (including phenoxy) is 2. The summed E-state index contributed by atoms with van der Waals surface area (Å²) in [6.45, 7) is 5.24. The SMILES string of the molecule is C/C(O)=C1/C(=O)OC[C@@]1(C)C1(C)OC(=O)C2=C1CCCC2. The number of carbonyl (C=O) groups excluding carboxylic acids is 2. The molecule has 2 aliphatic heterocycles. The van der Waals surface area contributed by atoms with Crippen molar-refractivity contribution < 1.29 is 24.2 Å². The van der Waals surface area contributed by atoms with E-state index < -0.39 is 17.0 Å². The molecule has 0 aromatic rings. The van der Waals surface area contributed by atoms with E-state index in [4.69, 9.17) is 9.47 Å². The minimum Gasteiger partial charge on any atom is -0.512 e. The highest BCUT2D eigenvalue weighted by Crippen LogP contribution is 2.55. The first-order valence-corrected chi connectivity index (χ1v) is 7.34. The van der Waals surface area contributed by atoms with Crippen LogP contribution in [0.5, 0.6) is 0 Å². The Kier molecular flexibility index (Phi) is 2.94. The van der Waals surface area contributed by atoms with E-state index in [2.05, 4.69) is 0 Å². The van der Waals surface area contributed by atoms with E-state index in [-0.39, 0.29) is 23.9 Å². The Morgan fingerprint density at radius 2 is 1.81 bits per heavy atom. The van der Waals surface area contributed by atoms with Crippen LogP contribution >= 0.6 is 0 Å². The lowest BCUT2D eigenvalue weighted by Crippen LogP contribution is -2.48. The monoisotopic (exact) mass is 292 g/mol. The zero-order chi connectivity index (χ0) is 15.4. The smallest absolute Gasteiger partial charge is 0.338 e. The molecular formula is C16H20O5. The highest BCUT2D eigenvalue weighted by atomic mass is 16.6. The van der Waals surface area contributed by atoms with Crippen LogP contribution in [0.4, 0.5) is 0 Å². The van der Waals surface area contributed by atoms with Crippen molar-refractivity contribution in [1.29, 1.82) is 0 Å². The summed E-state index contributed by atoms with van der Waals surface area (Å²) in [5, 5.41) is 9.92. The zero-order valence-electron chi connectivity index (χ0n) is 12.6. The van der Waals surface area contributed by atoms with Crippen LogP contribution in [-0.2, 0) is 19.1 Å². The van der Waals surface area contributed by atoms with E-state index in [1.54, 1.807) is 0 Å². The highest BCUT2D eigenvalue weighted by molar-refractivity contribution is 5.96. The summed E-state index contributed by atoms with van der Waals surface area (Å²) < 4.78 is 10.9. The van der Waals surface area contributed by atoms with Gasteiger partial charge in [-0.2, -0.15) is 0 Å². The van der Waals surface area contributed by atoms with Gasteiger partial charge in [0.25, 0.3) is 0 Å². The van der Waals surface area contributed by atoms with Gasteiger partial charge in [-0.3, -0.25) is 0 Å². The topological polar surface area (TPSA) is 72.8 Å². The maximum atomic E-state index is 12.2. The van der Waals surface area contributed by atoms with Crippen molar-refractivity contribution in [3.8, 4) is 0 Å². The number of cyclic esters (lactones) is 2. The summed E-state index contributed by atoms with van der Waals surface area (Å²) >= 11 is 0. The largest absolute Gasteiger partial charge is 0.512 e. The summed E-state index contributed by atoms with van der Waals surface area (Å²) in [5.41, 5.74) is 0.160.